The van der Waals surface area contributed by atoms with Gasteiger partial charge < -0.3 is 15.4 Å². The van der Waals surface area contributed by atoms with Crippen LogP contribution in [0, 0.1) is 5.82 Å². The first kappa shape index (κ1) is 23.0. The monoisotopic (exact) mass is 481 g/mol. The smallest absolute Gasteiger partial charge is 0.270 e. The van der Waals surface area contributed by atoms with Crippen molar-refractivity contribution in [3.8, 4) is 5.75 Å². The molecule has 1 heterocycles. The molecule has 0 saturated heterocycles. The maximum atomic E-state index is 13.6. The average molecular weight is 482 g/mol. The second-order valence-corrected chi connectivity index (χ2v) is 8.12. The van der Waals surface area contributed by atoms with Crippen LogP contribution in [-0.2, 0) is 6.61 Å². The molecular formula is C21H18Cl2FN3O3S. The highest BCUT2D eigenvalue weighted by Crippen LogP contribution is 2.21. The zero-order valence-electron chi connectivity index (χ0n) is 16.2. The van der Waals surface area contributed by atoms with Gasteiger partial charge in [-0.25, -0.2) is 9.37 Å². The number of aromatic nitrogens is 1. The van der Waals surface area contributed by atoms with Gasteiger partial charge in [-0.05, 0) is 36.8 Å². The number of benzene rings is 2. The van der Waals surface area contributed by atoms with Crippen molar-refractivity contribution in [1.82, 2.24) is 15.6 Å². The molecule has 0 bridgehead atoms. The van der Waals surface area contributed by atoms with Crippen molar-refractivity contribution in [1.29, 1.82) is 0 Å². The summed E-state index contributed by atoms with van der Waals surface area (Å²) in [7, 11) is 0. The molecule has 31 heavy (non-hydrogen) atoms. The Morgan fingerprint density at radius 1 is 1.06 bits per heavy atom. The summed E-state index contributed by atoms with van der Waals surface area (Å²) in [5.41, 5.74) is 0.594. The van der Waals surface area contributed by atoms with Gasteiger partial charge in [-0.1, -0.05) is 35.3 Å². The highest BCUT2D eigenvalue weighted by molar-refractivity contribution is 7.09. The molecular weight excluding hydrogens is 464 g/mol. The van der Waals surface area contributed by atoms with Gasteiger partial charge in [0.05, 0.1) is 10.6 Å². The number of amides is 2. The predicted molar refractivity (Wildman–Crippen MR) is 119 cm³/mol. The van der Waals surface area contributed by atoms with E-state index in [4.69, 9.17) is 27.9 Å². The highest BCUT2D eigenvalue weighted by atomic mass is 35.5. The quantitative estimate of drug-likeness (QED) is 0.433. The van der Waals surface area contributed by atoms with Crippen molar-refractivity contribution in [2.45, 2.75) is 13.0 Å². The molecule has 0 radical (unpaired) electrons. The van der Waals surface area contributed by atoms with Crippen molar-refractivity contribution in [2.75, 3.05) is 13.1 Å². The minimum absolute atomic E-state index is 0.0676. The molecule has 0 unspecified atom stereocenters. The molecule has 0 aliphatic rings. The fourth-order valence-corrected chi connectivity index (χ4v) is 3.71. The molecule has 0 spiro atoms. The lowest BCUT2D eigenvalue weighted by Crippen LogP contribution is -2.30. The summed E-state index contributed by atoms with van der Waals surface area (Å²) in [5, 5.41) is 8.37. The molecule has 0 aliphatic heterocycles. The van der Waals surface area contributed by atoms with Crippen molar-refractivity contribution >= 4 is 46.4 Å². The summed E-state index contributed by atoms with van der Waals surface area (Å²) in [5.74, 6) is -0.972. The van der Waals surface area contributed by atoms with Gasteiger partial charge in [-0.3, -0.25) is 9.59 Å². The number of para-hydroxylation sites is 1. The van der Waals surface area contributed by atoms with Crippen LogP contribution in [0.4, 0.5) is 4.39 Å². The van der Waals surface area contributed by atoms with Gasteiger partial charge in [-0.15, -0.1) is 11.3 Å². The molecule has 162 valence electrons. The van der Waals surface area contributed by atoms with Crippen LogP contribution in [-0.4, -0.2) is 29.9 Å². The summed E-state index contributed by atoms with van der Waals surface area (Å²) in [6.07, 6.45) is 0.524. The number of hydrogen-bond acceptors (Lipinski definition) is 5. The molecule has 0 fully saturated rings. The van der Waals surface area contributed by atoms with Crippen LogP contribution in [0.1, 0.15) is 32.3 Å². The normalized spacial score (nSPS) is 10.5. The fourth-order valence-electron chi connectivity index (χ4n) is 2.53. The molecule has 3 aromatic rings. The molecule has 0 saturated carbocycles. The Bertz CT molecular complexity index is 1080. The Morgan fingerprint density at radius 3 is 2.55 bits per heavy atom. The molecule has 2 amide bonds. The third-order valence-corrected chi connectivity index (χ3v) is 5.44. The van der Waals surface area contributed by atoms with Crippen molar-refractivity contribution in [2.24, 2.45) is 0 Å². The van der Waals surface area contributed by atoms with Crippen LogP contribution in [0.15, 0.2) is 47.8 Å². The molecule has 2 N–H and O–H groups in total. The van der Waals surface area contributed by atoms with Crippen LogP contribution in [0.3, 0.4) is 0 Å². The van der Waals surface area contributed by atoms with Crippen LogP contribution in [0.2, 0.25) is 10.0 Å². The van der Waals surface area contributed by atoms with Crippen molar-refractivity contribution in [3.05, 3.63) is 80.0 Å². The number of ether oxygens (including phenoxy) is 1. The third kappa shape index (κ3) is 6.65. The summed E-state index contributed by atoms with van der Waals surface area (Å²) in [6.45, 7) is 0.779. The zero-order chi connectivity index (χ0) is 22.2. The van der Waals surface area contributed by atoms with E-state index in [1.165, 1.54) is 29.5 Å². The SMILES string of the molecule is O=C(NCCCNC(=O)c1ccc(Cl)cc1Cl)c1csc(COc2ccccc2F)n1. The van der Waals surface area contributed by atoms with Gasteiger partial charge in [0.15, 0.2) is 11.6 Å². The first-order valence-corrected chi connectivity index (χ1v) is 10.9. The zero-order valence-corrected chi connectivity index (χ0v) is 18.5. The van der Waals surface area contributed by atoms with Gasteiger partial charge in [0.2, 0.25) is 0 Å². The number of carbonyl (C=O) groups excluding carboxylic acids is 2. The number of nitrogens with zero attached hydrogens (tertiary/aromatic N) is 1. The van der Waals surface area contributed by atoms with E-state index in [2.05, 4.69) is 15.6 Å². The molecule has 1 aromatic heterocycles. The van der Waals surface area contributed by atoms with E-state index in [0.717, 1.165) is 0 Å². The largest absolute Gasteiger partial charge is 0.483 e. The van der Waals surface area contributed by atoms with Crippen LogP contribution in [0.25, 0.3) is 0 Å². The molecule has 2 aromatic carbocycles. The minimum atomic E-state index is -0.456. The number of carbonyl (C=O) groups is 2. The molecule has 10 heteroatoms. The standard InChI is InChI=1S/C21H18Cl2FN3O3S/c22-13-6-7-14(15(23)10-13)20(28)25-8-3-9-26-21(29)17-12-31-19(27-17)11-30-18-5-2-1-4-16(18)24/h1-2,4-7,10,12H,3,8-9,11H2,(H,25,28)(H,26,29). The van der Waals surface area contributed by atoms with E-state index in [-0.39, 0.29) is 34.9 Å². The first-order valence-electron chi connectivity index (χ1n) is 9.27. The fraction of sp³-hybridized carbons (Fsp3) is 0.190. The molecule has 6 nitrogen and oxygen atoms in total. The summed E-state index contributed by atoms with van der Waals surface area (Å²) < 4.78 is 19.0. The molecule has 0 atom stereocenters. The summed E-state index contributed by atoms with van der Waals surface area (Å²) >= 11 is 13.1. The number of thiazole rings is 1. The van der Waals surface area contributed by atoms with E-state index >= 15 is 0 Å². The number of halogens is 3. The molecule has 0 aliphatic carbocycles. The summed E-state index contributed by atoms with van der Waals surface area (Å²) in [4.78, 5) is 28.5. The lowest BCUT2D eigenvalue weighted by atomic mass is 10.2. The second kappa shape index (κ2) is 11.1. The van der Waals surface area contributed by atoms with Gasteiger partial charge in [0.1, 0.15) is 17.3 Å². The van der Waals surface area contributed by atoms with Gasteiger partial charge in [0, 0.05) is 23.5 Å². The average Bonchev–Trinajstić information content (AvgIpc) is 3.22. The van der Waals surface area contributed by atoms with E-state index in [1.54, 1.807) is 29.6 Å². The van der Waals surface area contributed by atoms with E-state index in [1.807, 2.05) is 0 Å². The number of nitrogens with one attached hydrogen (secondary N) is 2. The Balaban J connectivity index is 1.38. The molecule has 3 rings (SSSR count). The Labute approximate surface area is 192 Å². The van der Waals surface area contributed by atoms with E-state index in [0.29, 0.717) is 35.1 Å². The topological polar surface area (TPSA) is 80.3 Å². The predicted octanol–water partition coefficient (Wildman–Crippen LogP) is 4.72. The summed E-state index contributed by atoms with van der Waals surface area (Å²) in [6, 6.07) is 10.7. The Hall–Kier alpha value is -2.68. The van der Waals surface area contributed by atoms with Crippen LogP contribution in [0.5, 0.6) is 5.75 Å². The number of rotatable bonds is 9. The van der Waals surface area contributed by atoms with Crippen LogP contribution < -0.4 is 15.4 Å². The van der Waals surface area contributed by atoms with Gasteiger partial charge in [-0.2, -0.15) is 0 Å². The lowest BCUT2D eigenvalue weighted by molar-refractivity contribution is 0.0948. The van der Waals surface area contributed by atoms with Crippen molar-refractivity contribution in [3.63, 3.8) is 0 Å². The maximum Gasteiger partial charge on any atom is 0.270 e. The Morgan fingerprint density at radius 2 is 1.81 bits per heavy atom. The number of hydrogen-bond donors (Lipinski definition) is 2. The highest BCUT2D eigenvalue weighted by Gasteiger charge is 2.12. The maximum absolute atomic E-state index is 13.6. The van der Waals surface area contributed by atoms with E-state index < -0.39 is 5.82 Å². The lowest BCUT2D eigenvalue weighted by Gasteiger charge is -2.07. The Kier molecular flexibility index (Phi) is 8.22. The van der Waals surface area contributed by atoms with Crippen LogP contribution >= 0.6 is 34.5 Å². The third-order valence-electron chi connectivity index (χ3n) is 4.07. The van der Waals surface area contributed by atoms with E-state index in [9.17, 15) is 14.0 Å². The first-order chi connectivity index (χ1) is 14.9. The second-order valence-electron chi connectivity index (χ2n) is 6.34. The van der Waals surface area contributed by atoms with Crippen molar-refractivity contribution < 1.29 is 18.7 Å². The van der Waals surface area contributed by atoms with Gasteiger partial charge in [0.25, 0.3) is 11.8 Å². The van der Waals surface area contributed by atoms with Gasteiger partial charge >= 0.3 is 0 Å². The minimum Gasteiger partial charge on any atom is -0.483 e.